The normalized spacial score (nSPS) is 13.7. The Balaban J connectivity index is 0.730. The van der Waals surface area contributed by atoms with E-state index in [9.17, 15) is 0 Å². The molecule has 0 radical (unpaired) electrons. The van der Waals surface area contributed by atoms with Crippen molar-refractivity contribution in [3.63, 3.8) is 0 Å². The van der Waals surface area contributed by atoms with Gasteiger partial charge in [-0.2, -0.15) is 0 Å². The number of fused-ring (bicyclic) bond motifs is 12. The maximum atomic E-state index is 2.42. The van der Waals surface area contributed by atoms with E-state index in [2.05, 4.69) is 320 Å². The van der Waals surface area contributed by atoms with Crippen LogP contribution in [0.4, 0.5) is 34.1 Å². The summed E-state index contributed by atoms with van der Waals surface area (Å²) in [5.74, 6) is 0. The van der Waals surface area contributed by atoms with Crippen LogP contribution in [0.5, 0.6) is 0 Å². The lowest BCUT2D eigenvalue weighted by Crippen LogP contribution is -2.16. The Morgan fingerprint density at radius 3 is 0.829 bits per heavy atom. The summed E-state index contributed by atoms with van der Waals surface area (Å²) in [6.45, 7) is 18.1. The van der Waals surface area contributed by atoms with E-state index in [1.807, 2.05) is 0 Å². The zero-order valence-corrected chi connectivity index (χ0v) is 48.1. The van der Waals surface area contributed by atoms with Crippen molar-refractivity contribution < 1.29 is 0 Å². The fourth-order valence-corrected chi connectivity index (χ4v) is 13.2. The minimum absolute atomic E-state index is 0.179. The van der Waals surface area contributed by atoms with Gasteiger partial charge in [-0.3, -0.25) is 0 Å². The van der Waals surface area contributed by atoms with Crippen molar-refractivity contribution in [2.75, 3.05) is 9.80 Å². The summed E-state index contributed by atoms with van der Waals surface area (Å²) in [6.07, 6.45) is 9.14. The summed E-state index contributed by atoms with van der Waals surface area (Å²) in [4.78, 5) is 4.77. The molecule has 0 bridgehead atoms. The number of benzene rings is 12. The third-order valence-electron chi connectivity index (χ3n) is 17.9. The first-order valence-corrected chi connectivity index (χ1v) is 29.0. The van der Waals surface area contributed by atoms with Crippen LogP contribution in [0.1, 0.15) is 94.5 Å². The van der Waals surface area contributed by atoms with E-state index >= 15 is 0 Å². The van der Waals surface area contributed by atoms with Crippen molar-refractivity contribution in [2.24, 2.45) is 0 Å². The molecule has 0 spiro atoms. The first-order chi connectivity index (χ1) is 39.7. The van der Waals surface area contributed by atoms with Gasteiger partial charge >= 0.3 is 0 Å². The largest absolute Gasteiger partial charge is 0.310 e. The Morgan fingerprint density at radius 2 is 0.500 bits per heavy atom. The summed E-state index contributed by atoms with van der Waals surface area (Å²) < 4.78 is 0. The van der Waals surface area contributed by atoms with Crippen molar-refractivity contribution in [2.45, 2.75) is 66.2 Å². The average Bonchev–Trinajstić information content (AvgIpc) is 2.75. The molecular formula is C80H66N2. The number of aryl methyl sites for hydroxylation is 4. The Bertz CT molecular complexity index is 4160. The van der Waals surface area contributed by atoms with Gasteiger partial charge in [0.25, 0.3) is 0 Å². The maximum absolute atomic E-state index is 2.42. The first-order valence-electron chi connectivity index (χ1n) is 29.0. The van der Waals surface area contributed by atoms with E-state index in [-0.39, 0.29) is 10.8 Å². The third kappa shape index (κ3) is 8.73. The molecule has 0 aliphatic heterocycles. The van der Waals surface area contributed by atoms with Gasteiger partial charge < -0.3 is 9.80 Å². The highest BCUT2D eigenvalue weighted by Crippen LogP contribution is 2.53. The van der Waals surface area contributed by atoms with Crippen molar-refractivity contribution in [3.05, 3.63) is 297 Å². The molecule has 396 valence electrons. The van der Waals surface area contributed by atoms with E-state index in [1.54, 1.807) is 0 Å². The molecule has 0 saturated carbocycles. The van der Waals surface area contributed by atoms with Crippen LogP contribution in [0.2, 0.25) is 0 Å². The van der Waals surface area contributed by atoms with Crippen LogP contribution in [-0.4, -0.2) is 0 Å². The maximum Gasteiger partial charge on any atom is 0.0465 e. The number of anilines is 6. The van der Waals surface area contributed by atoms with Crippen molar-refractivity contribution in [1.29, 1.82) is 0 Å². The smallest absolute Gasteiger partial charge is 0.0465 e. The molecule has 0 amide bonds. The summed E-state index contributed by atoms with van der Waals surface area (Å²) in [5.41, 5.74) is 27.1. The summed E-state index contributed by atoms with van der Waals surface area (Å²) in [5, 5.41) is 7.62. The molecule has 0 atom stereocenters. The van der Waals surface area contributed by atoms with Gasteiger partial charge in [0.15, 0.2) is 0 Å². The van der Waals surface area contributed by atoms with Crippen LogP contribution in [0.15, 0.2) is 231 Å². The molecule has 2 heteroatoms. The van der Waals surface area contributed by atoms with Crippen LogP contribution in [0, 0.1) is 27.7 Å². The van der Waals surface area contributed by atoms with Crippen molar-refractivity contribution >= 4 is 90.7 Å². The Morgan fingerprint density at radius 1 is 0.244 bits per heavy atom. The molecule has 14 rings (SSSR count). The standard InChI is InChI=1S/C80H66N2/c1-51-13-29-59(30-14-51)81(60-31-15-52(2)16-32-60)63-37-43-71-69-41-27-57(47-75(69)79(5,6)77(71)49-63)23-21-55-25-39-67-68-40-26-56(46-74(68)66-12-10-9-11-65(66)73(67)45-55)22-24-58-28-42-70-72-44-38-64(50-78(72)80(7,8)76(70)48-58)82(61-33-17-53(3)18-34-61)62-35-19-54(4)20-36-62/h9-50H,1-8H3. The highest BCUT2D eigenvalue weighted by atomic mass is 15.1. The molecule has 2 aliphatic carbocycles. The molecule has 12 aromatic rings. The average molecular weight is 1060 g/mol. The number of hydrogen-bond acceptors (Lipinski definition) is 2. The third-order valence-corrected chi connectivity index (χ3v) is 17.9. The topological polar surface area (TPSA) is 6.48 Å². The molecule has 0 N–H and O–H groups in total. The lowest BCUT2D eigenvalue weighted by molar-refractivity contribution is 0.660. The summed E-state index contributed by atoms with van der Waals surface area (Å²) in [6, 6.07) is 86.5. The Labute approximate surface area is 483 Å². The van der Waals surface area contributed by atoms with Crippen molar-refractivity contribution in [3.8, 4) is 22.3 Å². The second-order valence-corrected chi connectivity index (χ2v) is 24.2. The fourth-order valence-electron chi connectivity index (χ4n) is 13.2. The van der Waals surface area contributed by atoms with Crippen LogP contribution in [0.3, 0.4) is 0 Å². The second kappa shape index (κ2) is 19.6. The van der Waals surface area contributed by atoms with Crippen molar-refractivity contribution in [1.82, 2.24) is 0 Å². The molecule has 82 heavy (non-hydrogen) atoms. The molecule has 0 unspecified atom stereocenters. The van der Waals surface area contributed by atoms with Gasteiger partial charge in [0.05, 0.1) is 0 Å². The predicted octanol–water partition coefficient (Wildman–Crippen LogP) is 22.3. The predicted molar refractivity (Wildman–Crippen MR) is 353 cm³/mol. The minimum atomic E-state index is -0.179. The highest BCUT2D eigenvalue weighted by molar-refractivity contribution is 6.26. The van der Waals surface area contributed by atoms with Gasteiger partial charge in [0, 0.05) is 45.0 Å². The first kappa shape index (κ1) is 50.7. The van der Waals surface area contributed by atoms with E-state index < -0.39 is 0 Å². The number of rotatable bonds is 10. The zero-order chi connectivity index (χ0) is 56.0. The van der Waals surface area contributed by atoms with Crippen LogP contribution in [-0.2, 0) is 10.8 Å². The van der Waals surface area contributed by atoms with Crippen LogP contribution < -0.4 is 9.80 Å². The molecule has 0 heterocycles. The molecule has 0 fully saturated rings. The second-order valence-electron chi connectivity index (χ2n) is 24.2. The number of nitrogens with zero attached hydrogens (tertiary/aromatic N) is 2. The molecule has 2 nitrogen and oxygen atoms in total. The molecule has 12 aromatic carbocycles. The van der Waals surface area contributed by atoms with Gasteiger partial charge in [-0.25, -0.2) is 0 Å². The zero-order valence-electron chi connectivity index (χ0n) is 48.1. The highest BCUT2D eigenvalue weighted by Gasteiger charge is 2.38. The van der Waals surface area contributed by atoms with E-state index in [4.69, 9.17) is 0 Å². The van der Waals surface area contributed by atoms with Gasteiger partial charge in [0.1, 0.15) is 0 Å². The van der Waals surface area contributed by atoms with Gasteiger partial charge in [-0.05, 0) is 212 Å². The lowest BCUT2D eigenvalue weighted by atomic mass is 9.81. The molecule has 0 saturated heterocycles. The summed E-state index contributed by atoms with van der Waals surface area (Å²) >= 11 is 0. The lowest BCUT2D eigenvalue weighted by Gasteiger charge is -2.28. The Kier molecular flexibility index (Phi) is 12.1. The minimum Gasteiger partial charge on any atom is -0.310 e. The van der Waals surface area contributed by atoms with Crippen LogP contribution >= 0.6 is 0 Å². The van der Waals surface area contributed by atoms with Gasteiger partial charge in [-0.15, -0.1) is 0 Å². The van der Waals surface area contributed by atoms with Gasteiger partial charge in [-0.1, -0.05) is 220 Å². The van der Waals surface area contributed by atoms with Crippen LogP contribution in [0.25, 0.3) is 78.9 Å². The quantitative estimate of drug-likeness (QED) is 0.0995. The monoisotopic (exact) mass is 1050 g/mol. The molecule has 2 aliphatic rings. The number of hydrogen-bond donors (Lipinski definition) is 0. The van der Waals surface area contributed by atoms with E-state index in [0.29, 0.717) is 0 Å². The van der Waals surface area contributed by atoms with E-state index in [0.717, 1.165) is 22.7 Å². The summed E-state index contributed by atoms with van der Waals surface area (Å²) in [7, 11) is 0. The fraction of sp³-hybridized carbons (Fsp3) is 0.125. The van der Waals surface area contributed by atoms with E-state index in [1.165, 1.54) is 133 Å². The Hall–Kier alpha value is -9.50. The molecular weight excluding hydrogens is 989 g/mol. The SMILES string of the molecule is Cc1ccc(N(c2ccc(C)cc2)c2ccc3c(c2)C(C)(C)c2cc(C=Cc4ccc5c6ccc(C=Cc7ccc8c(c7)C(C)(C)c7cc(N(c9ccc(C)cc9)c9ccc(C)cc9)ccc7-8)cc6c6ccccc6c5c4)ccc2-3)cc1. The van der Waals surface area contributed by atoms with Gasteiger partial charge in [0.2, 0.25) is 0 Å². The molecule has 0 aromatic heterocycles.